The number of carboxylic acids is 1. The molecule has 0 spiro atoms. The fourth-order valence-corrected chi connectivity index (χ4v) is 6.41. The molecule has 1 aliphatic rings. The molecule has 0 amide bonds. The molecule has 2 N–H and O–H groups in total. The Morgan fingerprint density at radius 1 is 1.09 bits per heavy atom. The summed E-state index contributed by atoms with van der Waals surface area (Å²) in [4.78, 5) is 18.5. The molecule has 0 bridgehead atoms. The maximum atomic E-state index is 15.5. The van der Waals surface area contributed by atoms with Gasteiger partial charge >= 0.3 is 27.8 Å². The van der Waals surface area contributed by atoms with Crippen LogP contribution < -0.4 is 14.2 Å². The Morgan fingerprint density at radius 3 is 2.33 bits per heavy atom. The van der Waals surface area contributed by atoms with Crippen molar-refractivity contribution < 1.29 is 62.4 Å². The van der Waals surface area contributed by atoms with Gasteiger partial charge in [-0.3, -0.25) is 0 Å². The molecule has 0 unspecified atom stereocenters. The zero-order valence-electron chi connectivity index (χ0n) is 22.6. The lowest BCUT2D eigenvalue weighted by molar-refractivity contribution is -0.192. The van der Waals surface area contributed by atoms with Crippen LogP contribution in [0.3, 0.4) is 0 Å². The van der Waals surface area contributed by atoms with E-state index in [2.05, 4.69) is 19.5 Å². The minimum Gasteiger partial charge on any atom is -0.490 e. The average Bonchev–Trinajstić information content (AvgIpc) is 3.55. The van der Waals surface area contributed by atoms with E-state index < -0.39 is 51.4 Å². The van der Waals surface area contributed by atoms with Crippen LogP contribution in [0, 0.1) is 11.6 Å². The van der Waals surface area contributed by atoms with E-state index in [1.807, 2.05) is 0 Å². The second-order valence-electron chi connectivity index (χ2n) is 9.33. The molecular weight excluding hydrogens is 686 g/mol. The van der Waals surface area contributed by atoms with Crippen molar-refractivity contribution in [2.75, 3.05) is 6.54 Å². The number of aliphatic carboxylic acids is 1. The van der Waals surface area contributed by atoms with Gasteiger partial charge in [0.05, 0.1) is 27.4 Å². The Balaban J connectivity index is 0.000000591. The SMILES string of the molecule is CC(C)Oc1cc(F)cc(F)c1-c1c(-c2nc3c(s2)CNCC3)nc(OS(=O)(=O)C(F)(F)F)c2ccsc12.O=C(O)C(F)(F)F. The van der Waals surface area contributed by atoms with E-state index >= 15 is 4.39 Å². The number of ether oxygens (including phenoxy) is 1. The van der Waals surface area contributed by atoms with Gasteiger partial charge < -0.3 is 19.3 Å². The number of nitrogens with one attached hydrogen (secondary N) is 1. The van der Waals surface area contributed by atoms with E-state index in [1.165, 1.54) is 22.8 Å². The number of carbonyl (C=O) groups is 1. The van der Waals surface area contributed by atoms with Gasteiger partial charge in [-0.1, -0.05) is 0 Å². The Bertz CT molecular complexity index is 1830. The maximum Gasteiger partial charge on any atom is 0.534 e. The fraction of sp³-hybridized carbons (Fsp3) is 0.320. The van der Waals surface area contributed by atoms with Gasteiger partial charge in [0.15, 0.2) is 0 Å². The molecule has 1 aromatic carbocycles. The van der Waals surface area contributed by atoms with Crippen LogP contribution in [0.15, 0.2) is 23.6 Å². The van der Waals surface area contributed by atoms with Crippen LogP contribution in [0.1, 0.15) is 24.4 Å². The molecule has 20 heteroatoms. The summed E-state index contributed by atoms with van der Waals surface area (Å²) in [5.74, 6) is -5.65. The van der Waals surface area contributed by atoms with Crippen LogP contribution in [-0.2, 0) is 27.9 Å². The van der Waals surface area contributed by atoms with Crippen LogP contribution in [0.25, 0.3) is 31.9 Å². The van der Waals surface area contributed by atoms with E-state index in [0.29, 0.717) is 25.6 Å². The third-order valence-corrected chi connectivity index (χ3v) is 8.70. The van der Waals surface area contributed by atoms with Crippen LogP contribution >= 0.6 is 22.7 Å². The van der Waals surface area contributed by atoms with Gasteiger partial charge in [-0.25, -0.2) is 23.5 Å². The van der Waals surface area contributed by atoms with Crippen molar-refractivity contribution in [1.82, 2.24) is 15.3 Å². The molecule has 0 radical (unpaired) electrons. The molecule has 0 saturated carbocycles. The number of carboxylic acid groups (broad SMARTS) is 1. The molecule has 244 valence electrons. The summed E-state index contributed by atoms with van der Waals surface area (Å²) in [6.45, 7) is 4.46. The molecule has 1 aliphatic heterocycles. The standard InChI is InChI=1S/C23H18F5N3O4S3.C2HF3O2/c1-10(2)34-15-8-11(24)7-13(25)17(15)18-19(22-30-14-3-5-29-9-16(14)37-22)31-21(12-4-6-36-20(12)18)35-38(32,33)23(26,27)28;3-2(4,5)1(6)7/h4,6-8,10,29H,3,5,9H2,1-2H3;(H,6,7). The topological polar surface area (TPSA) is 128 Å². The first-order valence-corrected chi connectivity index (χ1v) is 15.5. The second kappa shape index (κ2) is 12.6. The first-order chi connectivity index (χ1) is 20.8. The van der Waals surface area contributed by atoms with Gasteiger partial charge in [-0.15, -0.1) is 22.7 Å². The summed E-state index contributed by atoms with van der Waals surface area (Å²) < 4.78 is 135. The normalized spacial score (nSPS) is 13.8. The van der Waals surface area contributed by atoms with Crippen molar-refractivity contribution in [3.05, 3.63) is 45.8 Å². The molecule has 0 fully saturated rings. The third-order valence-electron chi connectivity index (χ3n) is 5.72. The highest BCUT2D eigenvalue weighted by Crippen LogP contribution is 2.48. The number of thiazole rings is 1. The highest BCUT2D eigenvalue weighted by Gasteiger charge is 2.49. The predicted octanol–water partition coefficient (Wildman–Crippen LogP) is 6.66. The Morgan fingerprint density at radius 2 is 1.76 bits per heavy atom. The van der Waals surface area contributed by atoms with Gasteiger partial charge in [-0.05, 0) is 25.3 Å². The van der Waals surface area contributed by atoms with Gasteiger partial charge in [-0.2, -0.15) is 34.8 Å². The molecule has 0 aliphatic carbocycles. The van der Waals surface area contributed by atoms with Gasteiger partial charge in [0.2, 0.25) is 5.88 Å². The molecule has 0 saturated heterocycles. The summed E-state index contributed by atoms with van der Waals surface area (Å²) in [7, 11) is -6.07. The van der Waals surface area contributed by atoms with Crippen molar-refractivity contribution in [3.63, 3.8) is 0 Å². The first-order valence-electron chi connectivity index (χ1n) is 12.4. The van der Waals surface area contributed by atoms with Crippen molar-refractivity contribution in [1.29, 1.82) is 0 Å². The van der Waals surface area contributed by atoms with Gasteiger partial charge in [0, 0.05) is 42.1 Å². The Hall–Kier alpha value is -3.62. The van der Waals surface area contributed by atoms with E-state index in [4.69, 9.17) is 14.6 Å². The minimum absolute atomic E-state index is 0.0685. The number of fused-ring (bicyclic) bond motifs is 2. The third kappa shape index (κ3) is 7.45. The second-order valence-corrected chi connectivity index (χ2v) is 12.9. The van der Waals surface area contributed by atoms with E-state index in [1.54, 1.807) is 13.8 Å². The number of hydrogen-bond donors (Lipinski definition) is 2. The van der Waals surface area contributed by atoms with Crippen LogP contribution in [-0.4, -0.2) is 53.8 Å². The number of nitrogens with zero attached hydrogens (tertiary/aromatic N) is 2. The number of halogens is 8. The Labute approximate surface area is 256 Å². The van der Waals surface area contributed by atoms with E-state index in [9.17, 15) is 39.2 Å². The highest BCUT2D eigenvalue weighted by molar-refractivity contribution is 7.88. The van der Waals surface area contributed by atoms with Crippen molar-refractivity contribution in [2.45, 2.75) is 44.6 Å². The van der Waals surface area contributed by atoms with E-state index in [-0.39, 0.29) is 37.7 Å². The summed E-state index contributed by atoms with van der Waals surface area (Å²) in [6.07, 6.45) is -5.00. The smallest absolute Gasteiger partial charge is 0.490 e. The Kier molecular flexibility index (Phi) is 9.62. The van der Waals surface area contributed by atoms with Gasteiger partial charge in [0.1, 0.15) is 28.1 Å². The molecule has 45 heavy (non-hydrogen) atoms. The molecule has 4 aromatic rings. The minimum atomic E-state index is -6.07. The van der Waals surface area contributed by atoms with Crippen LogP contribution in [0.5, 0.6) is 11.6 Å². The molecule has 9 nitrogen and oxygen atoms in total. The van der Waals surface area contributed by atoms with Crippen molar-refractivity contribution in [2.24, 2.45) is 0 Å². The number of benzene rings is 1. The average molecular weight is 706 g/mol. The van der Waals surface area contributed by atoms with Crippen molar-refractivity contribution >= 4 is 48.8 Å². The summed E-state index contributed by atoms with van der Waals surface area (Å²) in [6, 6.07) is 2.96. The lowest BCUT2D eigenvalue weighted by atomic mass is 10.0. The largest absolute Gasteiger partial charge is 0.534 e. The number of aromatic nitrogens is 2. The van der Waals surface area contributed by atoms with Crippen molar-refractivity contribution in [3.8, 4) is 33.5 Å². The molecule has 5 rings (SSSR count). The fourth-order valence-electron chi connectivity index (χ4n) is 3.96. The van der Waals surface area contributed by atoms with Gasteiger partial charge in [0.25, 0.3) is 0 Å². The monoisotopic (exact) mass is 705 g/mol. The number of pyridine rings is 1. The zero-order valence-corrected chi connectivity index (χ0v) is 25.1. The molecule has 0 atom stereocenters. The summed E-state index contributed by atoms with van der Waals surface area (Å²) >= 11 is 2.17. The van der Waals surface area contributed by atoms with E-state index in [0.717, 1.165) is 28.0 Å². The predicted molar refractivity (Wildman–Crippen MR) is 147 cm³/mol. The number of hydrogen-bond acceptors (Lipinski definition) is 10. The van der Waals surface area contributed by atoms with Crippen LogP contribution in [0.2, 0.25) is 0 Å². The first kappa shape index (κ1) is 34.3. The zero-order chi connectivity index (χ0) is 33.5. The maximum absolute atomic E-state index is 15.5. The lowest BCUT2D eigenvalue weighted by Gasteiger charge is -2.18. The molecule has 4 heterocycles. The highest BCUT2D eigenvalue weighted by atomic mass is 32.2. The van der Waals surface area contributed by atoms with Crippen LogP contribution in [0.4, 0.5) is 35.1 Å². The molecule has 3 aromatic heterocycles. The molecular formula is C25H19F8N3O6S3. The number of thiophene rings is 1. The lowest BCUT2D eigenvalue weighted by Crippen LogP contribution is -2.28. The number of rotatable bonds is 6. The number of alkyl halides is 6. The summed E-state index contributed by atoms with van der Waals surface area (Å²) in [5, 5.41) is 11.9. The quantitative estimate of drug-likeness (QED) is 0.129. The summed E-state index contributed by atoms with van der Waals surface area (Å²) in [5.41, 5.74) is -5.22.